The minimum absolute atomic E-state index is 0.332. The number of ether oxygens (including phenoxy) is 1. The van der Waals surface area contributed by atoms with Gasteiger partial charge in [-0.1, -0.05) is 6.42 Å². The highest BCUT2D eigenvalue weighted by atomic mass is 19.4. The number of aryl methyl sites for hydroxylation is 1. The highest BCUT2D eigenvalue weighted by molar-refractivity contribution is 6.25. The normalized spacial score (nSPS) is 20.6. The topological polar surface area (TPSA) is 76.8 Å². The predicted molar refractivity (Wildman–Crippen MR) is 89.5 cm³/mol. The van der Waals surface area contributed by atoms with E-state index in [-0.39, 0.29) is 0 Å². The van der Waals surface area contributed by atoms with Crippen LogP contribution in [0.25, 0.3) is 0 Å². The smallest absolute Gasteiger partial charge is 0.433 e. The zero-order valence-corrected chi connectivity index (χ0v) is 15.4. The molecule has 1 unspecified atom stereocenters. The van der Waals surface area contributed by atoms with Crippen molar-refractivity contribution in [1.82, 2.24) is 14.7 Å². The molecule has 158 valence electrons. The molecule has 1 saturated carbocycles. The van der Waals surface area contributed by atoms with Gasteiger partial charge in [-0.3, -0.25) is 9.69 Å². The molecule has 29 heavy (non-hydrogen) atoms. The number of carbonyl (C=O) groups excluding carboxylic acids is 2. The zero-order chi connectivity index (χ0) is 21.5. The fourth-order valence-corrected chi connectivity index (χ4v) is 3.26. The number of hydrogen-bond donors (Lipinski definition) is 0. The number of carbonyl (C=O) groups is 2. The SMILES string of the molecule is COC(=O)N1C(C2CCC2)=C(C(=O)n2ccc(C)n2)C(C(F)(F)F)=NC1C(F)F. The average molecular weight is 420 g/mol. The Morgan fingerprint density at radius 1 is 1.28 bits per heavy atom. The van der Waals surface area contributed by atoms with Crippen LogP contribution in [0.15, 0.2) is 28.5 Å². The van der Waals surface area contributed by atoms with Gasteiger partial charge in [0.2, 0.25) is 0 Å². The second kappa shape index (κ2) is 7.56. The van der Waals surface area contributed by atoms with E-state index in [4.69, 9.17) is 0 Å². The van der Waals surface area contributed by atoms with Gasteiger partial charge in [0.25, 0.3) is 12.3 Å². The van der Waals surface area contributed by atoms with Gasteiger partial charge >= 0.3 is 12.3 Å². The maximum absolute atomic E-state index is 13.8. The number of aromatic nitrogens is 2. The number of amides is 1. The Bertz CT molecular complexity index is 886. The summed E-state index contributed by atoms with van der Waals surface area (Å²) < 4.78 is 73.6. The molecule has 0 aromatic carbocycles. The van der Waals surface area contributed by atoms with Crippen LogP contribution < -0.4 is 0 Å². The molecule has 0 spiro atoms. The number of nitrogens with zero attached hydrogens (tertiary/aromatic N) is 4. The summed E-state index contributed by atoms with van der Waals surface area (Å²) in [6.07, 6.45) is -9.96. The zero-order valence-electron chi connectivity index (χ0n) is 15.4. The molecule has 2 heterocycles. The van der Waals surface area contributed by atoms with Crippen LogP contribution in [0.5, 0.6) is 0 Å². The standard InChI is InChI=1S/C17H17F5N4O3/c1-8-6-7-25(24-8)15(27)10-11(9-4-3-5-9)26(16(28)29-2)14(13(18)19)23-12(10)17(20,21)22/h6-7,9,13-14H,3-5H2,1-2H3. The minimum atomic E-state index is -5.20. The van der Waals surface area contributed by atoms with E-state index < -0.39 is 53.7 Å². The molecule has 2 aliphatic rings. The van der Waals surface area contributed by atoms with Crippen molar-refractivity contribution in [2.45, 2.75) is 45.0 Å². The summed E-state index contributed by atoms with van der Waals surface area (Å²) in [7, 11) is 0.907. The molecule has 1 aliphatic carbocycles. The van der Waals surface area contributed by atoms with Crippen molar-refractivity contribution in [3.8, 4) is 0 Å². The summed E-state index contributed by atoms with van der Waals surface area (Å²) in [5.41, 5.74) is -2.80. The molecule has 1 aromatic rings. The van der Waals surface area contributed by atoms with Crippen LogP contribution in [0, 0.1) is 12.8 Å². The van der Waals surface area contributed by atoms with Crippen LogP contribution in [-0.2, 0) is 4.74 Å². The number of methoxy groups -OCH3 is 1. The van der Waals surface area contributed by atoms with E-state index in [2.05, 4.69) is 14.8 Å². The van der Waals surface area contributed by atoms with E-state index in [9.17, 15) is 31.5 Å². The predicted octanol–water partition coefficient (Wildman–Crippen LogP) is 3.56. The van der Waals surface area contributed by atoms with Crippen LogP contribution >= 0.6 is 0 Å². The lowest BCUT2D eigenvalue weighted by molar-refractivity contribution is -0.0612. The lowest BCUT2D eigenvalue weighted by Gasteiger charge is -2.41. The quantitative estimate of drug-likeness (QED) is 0.701. The number of halogens is 5. The Kier molecular flexibility index (Phi) is 5.46. The molecule has 3 rings (SSSR count). The Hall–Kier alpha value is -2.79. The third-order valence-corrected chi connectivity index (χ3v) is 4.78. The number of aliphatic imine (C=N–C) groups is 1. The lowest BCUT2D eigenvalue weighted by Crippen LogP contribution is -2.52. The van der Waals surface area contributed by atoms with Crippen molar-refractivity contribution in [3.63, 3.8) is 0 Å². The molecule has 1 aliphatic heterocycles. The van der Waals surface area contributed by atoms with Gasteiger partial charge in [-0.25, -0.2) is 23.2 Å². The summed E-state index contributed by atoms with van der Waals surface area (Å²) >= 11 is 0. The Labute approximate surface area is 161 Å². The second-order valence-electron chi connectivity index (χ2n) is 6.66. The first-order valence-electron chi connectivity index (χ1n) is 8.68. The monoisotopic (exact) mass is 420 g/mol. The fourth-order valence-electron chi connectivity index (χ4n) is 3.26. The van der Waals surface area contributed by atoms with Crippen molar-refractivity contribution in [2.24, 2.45) is 10.9 Å². The van der Waals surface area contributed by atoms with Gasteiger partial charge in [0.1, 0.15) is 0 Å². The maximum atomic E-state index is 13.8. The fraction of sp³-hybridized carbons (Fsp3) is 0.529. The van der Waals surface area contributed by atoms with Crippen molar-refractivity contribution in [2.75, 3.05) is 7.11 Å². The van der Waals surface area contributed by atoms with Crippen molar-refractivity contribution < 1.29 is 36.3 Å². The van der Waals surface area contributed by atoms with Gasteiger partial charge in [-0.15, -0.1) is 0 Å². The molecule has 1 amide bonds. The van der Waals surface area contributed by atoms with Gasteiger partial charge in [0.15, 0.2) is 11.9 Å². The van der Waals surface area contributed by atoms with Gasteiger partial charge in [0.05, 0.1) is 18.4 Å². The molecular weight excluding hydrogens is 403 g/mol. The molecule has 0 saturated heterocycles. The molecule has 0 N–H and O–H groups in total. The highest BCUT2D eigenvalue weighted by Crippen LogP contribution is 2.43. The summed E-state index contributed by atoms with van der Waals surface area (Å²) in [6, 6.07) is 1.40. The van der Waals surface area contributed by atoms with Gasteiger partial charge < -0.3 is 4.74 Å². The van der Waals surface area contributed by atoms with Crippen molar-refractivity contribution >= 4 is 17.7 Å². The summed E-state index contributed by atoms with van der Waals surface area (Å²) in [6.45, 7) is 1.53. The number of allylic oxidation sites excluding steroid dienone is 2. The van der Waals surface area contributed by atoms with E-state index in [0.29, 0.717) is 34.5 Å². The van der Waals surface area contributed by atoms with Gasteiger partial charge in [-0.05, 0) is 25.8 Å². The molecule has 1 atom stereocenters. The third-order valence-electron chi connectivity index (χ3n) is 4.78. The van der Waals surface area contributed by atoms with Crippen molar-refractivity contribution in [3.05, 3.63) is 29.2 Å². The van der Waals surface area contributed by atoms with E-state index in [1.54, 1.807) is 0 Å². The first kappa shape index (κ1) is 20.9. The van der Waals surface area contributed by atoms with Gasteiger partial charge in [-0.2, -0.15) is 18.3 Å². The molecule has 7 nitrogen and oxygen atoms in total. The number of hydrogen-bond acceptors (Lipinski definition) is 5. The average Bonchev–Trinajstić information content (AvgIpc) is 3.03. The first-order valence-corrected chi connectivity index (χ1v) is 8.68. The van der Waals surface area contributed by atoms with Gasteiger partial charge in [0, 0.05) is 17.8 Å². The van der Waals surface area contributed by atoms with Crippen LogP contribution in [-0.4, -0.2) is 58.3 Å². The lowest BCUT2D eigenvalue weighted by atomic mass is 9.79. The maximum Gasteiger partial charge on any atom is 0.433 e. The third kappa shape index (κ3) is 3.75. The van der Waals surface area contributed by atoms with Crippen LogP contribution in [0.2, 0.25) is 0 Å². The largest absolute Gasteiger partial charge is 0.452 e. The molecule has 1 aromatic heterocycles. The summed E-state index contributed by atoms with van der Waals surface area (Å²) in [4.78, 5) is 28.7. The van der Waals surface area contributed by atoms with E-state index in [1.165, 1.54) is 13.0 Å². The minimum Gasteiger partial charge on any atom is -0.452 e. The number of rotatable bonds is 3. The van der Waals surface area contributed by atoms with E-state index in [1.807, 2.05) is 0 Å². The number of alkyl halides is 5. The van der Waals surface area contributed by atoms with Crippen molar-refractivity contribution in [1.29, 1.82) is 0 Å². The van der Waals surface area contributed by atoms with E-state index in [0.717, 1.165) is 13.3 Å². The van der Waals surface area contributed by atoms with Crippen LogP contribution in [0.1, 0.15) is 29.8 Å². The van der Waals surface area contributed by atoms with Crippen LogP contribution in [0.3, 0.4) is 0 Å². The van der Waals surface area contributed by atoms with Crippen LogP contribution in [0.4, 0.5) is 26.7 Å². The second-order valence-corrected chi connectivity index (χ2v) is 6.66. The molecule has 0 bridgehead atoms. The molecule has 0 radical (unpaired) electrons. The highest BCUT2D eigenvalue weighted by Gasteiger charge is 2.52. The Balaban J connectivity index is 2.28. The summed E-state index contributed by atoms with van der Waals surface area (Å²) in [5, 5.41) is 3.81. The Morgan fingerprint density at radius 3 is 2.34 bits per heavy atom. The Morgan fingerprint density at radius 2 is 1.93 bits per heavy atom. The van der Waals surface area contributed by atoms with E-state index >= 15 is 0 Å². The molecule has 1 fully saturated rings. The molecular formula is C17H17F5N4O3. The summed E-state index contributed by atoms with van der Waals surface area (Å²) in [5.74, 6) is -1.91. The first-order chi connectivity index (χ1) is 13.6. The molecule has 12 heteroatoms.